The first-order chi connectivity index (χ1) is 15.7. The van der Waals surface area contributed by atoms with E-state index in [2.05, 4.69) is 15.0 Å². The molecule has 0 unspecified atom stereocenters. The fourth-order valence-electron chi connectivity index (χ4n) is 4.16. The first kappa shape index (κ1) is 20.4. The lowest BCUT2D eigenvalue weighted by atomic mass is 10.1. The first-order valence-corrected chi connectivity index (χ1v) is 11.0. The van der Waals surface area contributed by atoms with Crippen LogP contribution in [0.25, 0.3) is 22.3 Å². The van der Waals surface area contributed by atoms with Crippen molar-refractivity contribution in [2.75, 3.05) is 33.2 Å². The molecule has 0 radical (unpaired) electrons. The molecule has 1 aliphatic rings. The molecule has 1 fully saturated rings. The molecule has 8 nitrogen and oxygen atoms in total. The van der Waals surface area contributed by atoms with Crippen LogP contribution in [0.2, 0.25) is 0 Å². The van der Waals surface area contributed by atoms with Crippen molar-refractivity contribution in [1.29, 1.82) is 0 Å². The van der Waals surface area contributed by atoms with Gasteiger partial charge in [-0.15, -0.1) is 0 Å². The number of aromatic nitrogens is 4. The van der Waals surface area contributed by atoms with E-state index in [1.807, 2.05) is 37.4 Å². The zero-order valence-electron chi connectivity index (χ0n) is 18.1. The van der Waals surface area contributed by atoms with Crippen LogP contribution in [0.4, 0.5) is 0 Å². The number of hydrogen-bond acceptors (Lipinski definition) is 6. The molecule has 0 N–H and O–H groups in total. The Kier molecular flexibility index (Phi) is 5.68. The van der Waals surface area contributed by atoms with E-state index in [4.69, 9.17) is 9.40 Å². The molecule has 0 aromatic carbocycles. The van der Waals surface area contributed by atoms with Crippen LogP contribution in [0, 0.1) is 0 Å². The highest BCUT2D eigenvalue weighted by atomic mass is 16.3. The van der Waals surface area contributed by atoms with Crippen LogP contribution in [0.15, 0.2) is 59.6 Å². The second kappa shape index (κ2) is 8.92. The van der Waals surface area contributed by atoms with Crippen molar-refractivity contribution >= 4 is 16.9 Å². The van der Waals surface area contributed by atoms with E-state index >= 15 is 0 Å². The number of hydrogen-bond donors (Lipinski definition) is 0. The number of carbonyl (C=O) groups is 1. The van der Waals surface area contributed by atoms with Gasteiger partial charge in [0, 0.05) is 38.1 Å². The molecular weight excluding hydrogens is 404 g/mol. The van der Waals surface area contributed by atoms with Gasteiger partial charge in [-0.3, -0.25) is 9.78 Å². The van der Waals surface area contributed by atoms with Crippen LogP contribution in [0.1, 0.15) is 29.0 Å². The fourth-order valence-corrected chi connectivity index (χ4v) is 4.16. The number of pyridine rings is 2. The van der Waals surface area contributed by atoms with E-state index in [1.165, 1.54) is 12.8 Å². The van der Waals surface area contributed by atoms with Crippen molar-refractivity contribution in [2.45, 2.75) is 19.4 Å². The maximum absolute atomic E-state index is 13.5. The van der Waals surface area contributed by atoms with Crippen LogP contribution >= 0.6 is 0 Å². The predicted octanol–water partition coefficient (Wildman–Crippen LogP) is 3.30. The summed E-state index contributed by atoms with van der Waals surface area (Å²) in [6, 6.07) is 9.41. The second-order valence-electron chi connectivity index (χ2n) is 8.19. The van der Waals surface area contributed by atoms with Crippen molar-refractivity contribution in [1.82, 2.24) is 29.5 Å². The standard InChI is InChI=1S/C24H26N6O2/c1-28(11-12-29-9-2-3-10-29)24(31)20-14-22(18-6-4-8-25-15-18)27-23-21(20)16-26-30(23)17-19-7-5-13-32-19/h4-8,13-16H,2-3,9-12,17H2,1H3. The average Bonchev–Trinajstić information content (AvgIpc) is 3.60. The summed E-state index contributed by atoms with van der Waals surface area (Å²) < 4.78 is 7.26. The van der Waals surface area contributed by atoms with Crippen molar-refractivity contribution in [3.63, 3.8) is 0 Å². The van der Waals surface area contributed by atoms with Crippen molar-refractivity contribution in [3.05, 3.63) is 66.5 Å². The Labute approximate surface area is 186 Å². The smallest absolute Gasteiger partial charge is 0.254 e. The topological polar surface area (TPSA) is 80.3 Å². The highest BCUT2D eigenvalue weighted by molar-refractivity contribution is 6.06. The number of nitrogens with zero attached hydrogens (tertiary/aromatic N) is 6. The average molecular weight is 431 g/mol. The van der Waals surface area contributed by atoms with Gasteiger partial charge in [-0.2, -0.15) is 5.10 Å². The third-order valence-corrected chi connectivity index (χ3v) is 5.98. The van der Waals surface area contributed by atoms with Crippen LogP contribution in [0.5, 0.6) is 0 Å². The Morgan fingerprint density at radius 3 is 2.81 bits per heavy atom. The summed E-state index contributed by atoms with van der Waals surface area (Å²) in [4.78, 5) is 26.7. The van der Waals surface area contributed by atoms with Crippen molar-refractivity contribution < 1.29 is 9.21 Å². The number of likely N-dealkylation sites (tertiary alicyclic amines) is 1. The third kappa shape index (κ3) is 4.13. The zero-order chi connectivity index (χ0) is 21.9. The Morgan fingerprint density at radius 2 is 2.06 bits per heavy atom. The molecule has 8 heteroatoms. The Hall–Kier alpha value is -3.52. The number of fused-ring (bicyclic) bond motifs is 1. The number of likely N-dealkylation sites (N-methyl/N-ethyl adjacent to an activating group) is 1. The van der Waals surface area contributed by atoms with E-state index in [9.17, 15) is 4.79 Å². The molecule has 1 aliphatic heterocycles. The summed E-state index contributed by atoms with van der Waals surface area (Å²) >= 11 is 0. The maximum atomic E-state index is 13.5. The predicted molar refractivity (Wildman–Crippen MR) is 121 cm³/mol. The van der Waals surface area contributed by atoms with Crippen LogP contribution in [-0.4, -0.2) is 68.7 Å². The molecule has 0 saturated carbocycles. The van der Waals surface area contributed by atoms with Crippen LogP contribution in [0.3, 0.4) is 0 Å². The van der Waals surface area contributed by atoms with Crippen LogP contribution in [-0.2, 0) is 6.54 Å². The normalized spacial score (nSPS) is 14.3. The van der Waals surface area contributed by atoms with E-state index < -0.39 is 0 Å². The zero-order valence-corrected chi connectivity index (χ0v) is 18.1. The lowest BCUT2D eigenvalue weighted by molar-refractivity contribution is 0.0784. The quantitative estimate of drug-likeness (QED) is 0.448. The molecule has 0 aliphatic carbocycles. The molecule has 1 saturated heterocycles. The highest BCUT2D eigenvalue weighted by Crippen LogP contribution is 2.26. The lowest BCUT2D eigenvalue weighted by Gasteiger charge is -2.22. The SMILES string of the molecule is CN(CCN1CCCC1)C(=O)c1cc(-c2cccnc2)nc2c1cnn2Cc1ccco1. The first-order valence-electron chi connectivity index (χ1n) is 11.0. The number of furan rings is 1. The monoisotopic (exact) mass is 430 g/mol. The summed E-state index contributed by atoms with van der Waals surface area (Å²) in [6.07, 6.45) is 9.33. The highest BCUT2D eigenvalue weighted by Gasteiger charge is 2.21. The molecule has 0 bridgehead atoms. The van der Waals surface area contributed by atoms with Gasteiger partial charge in [-0.1, -0.05) is 0 Å². The van der Waals surface area contributed by atoms with E-state index in [0.29, 0.717) is 30.0 Å². The van der Waals surface area contributed by atoms with Gasteiger partial charge in [-0.05, 0) is 56.3 Å². The summed E-state index contributed by atoms with van der Waals surface area (Å²) in [5.41, 5.74) is 2.81. The molecule has 0 atom stereocenters. The Morgan fingerprint density at radius 1 is 1.19 bits per heavy atom. The molecular formula is C24H26N6O2. The maximum Gasteiger partial charge on any atom is 0.254 e. The Bertz CT molecular complexity index is 1200. The van der Waals surface area contributed by atoms with Gasteiger partial charge in [0.05, 0.1) is 29.1 Å². The van der Waals surface area contributed by atoms with Crippen molar-refractivity contribution in [3.8, 4) is 11.3 Å². The summed E-state index contributed by atoms with van der Waals surface area (Å²) in [6.45, 7) is 4.26. The minimum absolute atomic E-state index is 0.0284. The summed E-state index contributed by atoms with van der Waals surface area (Å²) in [5.74, 6) is 0.749. The van der Waals surface area contributed by atoms with E-state index in [1.54, 1.807) is 34.4 Å². The minimum Gasteiger partial charge on any atom is -0.467 e. The minimum atomic E-state index is -0.0284. The summed E-state index contributed by atoms with van der Waals surface area (Å²) in [5, 5.41) is 5.25. The molecule has 32 heavy (non-hydrogen) atoms. The lowest BCUT2D eigenvalue weighted by Crippen LogP contribution is -2.35. The number of carbonyl (C=O) groups excluding carboxylic acids is 1. The van der Waals surface area contributed by atoms with E-state index in [-0.39, 0.29) is 5.91 Å². The third-order valence-electron chi connectivity index (χ3n) is 5.98. The fraction of sp³-hybridized carbons (Fsp3) is 0.333. The molecule has 5 heterocycles. The molecule has 0 spiro atoms. The molecule has 4 aromatic rings. The number of rotatable bonds is 7. The van der Waals surface area contributed by atoms with Crippen LogP contribution < -0.4 is 0 Å². The second-order valence-corrected chi connectivity index (χ2v) is 8.19. The van der Waals surface area contributed by atoms with Gasteiger partial charge in [0.25, 0.3) is 5.91 Å². The molecule has 1 amide bonds. The van der Waals surface area contributed by atoms with Gasteiger partial charge in [0.15, 0.2) is 5.65 Å². The van der Waals surface area contributed by atoms with Gasteiger partial charge in [0.2, 0.25) is 0 Å². The van der Waals surface area contributed by atoms with Gasteiger partial charge >= 0.3 is 0 Å². The molecule has 4 aromatic heterocycles. The van der Waals surface area contributed by atoms with Gasteiger partial charge in [0.1, 0.15) is 12.3 Å². The van der Waals surface area contributed by atoms with Crippen molar-refractivity contribution in [2.24, 2.45) is 0 Å². The number of amides is 1. The van der Waals surface area contributed by atoms with E-state index in [0.717, 1.165) is 36.3 Å². The van der Waals surface area contributed by atoms with Gasteiger partial charge < -0.3 is 14.2 Å². The Balaban J connectivity index is 1.51. The largest absolute Gasteiger partial charge is 0.467 e. The van der Waals surface area contributed by atoms with Gasteiger partial charge in [-0.25, -0.2) is 9.67 Å². The summed E-state index contributed by atoms with van der Waals surface area (Å²) in [7, 11) is 1.86. The molecule has 164 valence electrons. The molecule has 5 rings (SSSR count).